The van der Waals surface area contributed by atoms with Crippen molar-refractivity contribution in [2.24, 2.45) is 5.92 Å². The smallest absolute Gasteiger partial charge is 0.223 e. The van der Waals surface area contributed by atoms with E-state index < -0.39 is 0 Å². The zero-order chi connectivity index (χ0) is 20.3. The summed E-state index contributed by atoms with van der Waals surface area (Å²) in [6, 6.07) is 10.6. The second kappa shape index (κ2) is 11.3. The minimum absolute atomic E-state index is 0. The maximum atomic E-state index is 12.8. The van der Waals surface area contributed by atoms with Crippen molar-refractivity contribution < 1.29 is 4.79 Å². The molecule has 1 aromatic carbocycles. The summed E-state index contributed by atoms with van der Waals surface area (Å²) < 4.78 is 0. The van der Waals surface area contributed by atoms with Crippen LogP contribution in [0.15, 0.2) is 30.3 Å². The average Bonchev–Trinajstić information content (AvgIpc) is 3.29. The highest BCUT2D eigenvalue weighted by atomic mass is 35.5. The molecule has 3 aliphatic rings. The second-order valence-electron chi connectivity index (χ2n) is 8.81. The number of nitrogens with zero attached hydrogens (tertiary/aromatic N) is 3. The van der Waals surface area contributed by atoms with E-state index in [-0.39, 0.29) is 36.6 Å². The van der Waals surface area contributed by atoms with Gasteiger partial charge in [-0.15, -0.1) is 24.8 Å². The number of amides is 1. The number of nitrogens with one attached hydrogen (secondary N) is 2. The number of piperidine rings is 2. The summed E-state index contributed by atoms with van der Waals surface area (Å²) >= 11 is 0. The zero-order valence-electron chi connectivity index (χ0n) is 18.4. The molecule has 2 aromatic rings. The van der Waals surface area contributed by atoms with Crippen LogP contribution in [0.25, 0.3) is 11.4 Å². The molecule has 5 rings (SSSR count). The number of halogens is 2. The molecule has 32 heavy (non-hydrogen) atoms. The van der Waals surface area contributed by atoms with Crippen molar-refractivity contribution in [1.29, 1.82) is 0 Å². The van der Waals surface area contributed by atoms with Gasteiger partial charge in [0.2, 0.25) is 5.91 Å². The molecular weight excluding hydrogens is 445 g/mol. The number of rotatable bonds is 4. The van der Waals surface area contributed by atoms with Gasteiger partial charge in [-0.3, -0.25) is 4.79 Å². The number of aromatic nitrogens is 2. The molecule has 0 unspecified atom stereocenters. The van der Waals surface area contributed by atoms with Gasteiger partial charge in [0.1, 0.15) is 5.82 Å². The average molecular weight is 478 g/mol. The van der Waals surface area contributed by atoms with Crippen molar-refractivity contribution >= 4 is 36.5 Å². The quantitative estimate of drug-likeness (QED) is 0.704. The Labute approximate surface area is 202 Å². The fourth-order valence-corrected chi connectivity index (χ4v) is 5.03. The fourth-order valence-electron chi connectivity index (χ4n) is 5.03. The van der Waals surface area contributed by atoms with E-state index in [1.54, 1.807) is 0 Å². The number of hydrogen-bond donors (Lipinski definition) is 2. The first-order valence-corrected chi connectivity index (χ1v) is 11.5. The minimum Gasteiger partial charge on any atom is -0.356 e. The van der Waals surface area contributed by atoms with Crippen molar-refractivity contribution in [2.45, 2.75) is 51.0 Å². The highest BCUT2D eigenvalue weighted by Gasteiger charge is 2.30. The summed E-state index contributed by atoms with van der Waals surface area (Å²) in [5.74, 6) is 2.31. The Hall–Kier alpha value is -1.89. The molecule has 0 atom stereocenters. The summed E-state index contributed by atoms with van der Waals surface area (Å²) in [6.07, 6.45) is 7.15. The predicted octanol–water partition coefficient (Wildman–Crippen LogP) is 3.56. The summed E-state index contributed by atoms with van der Waals surface area (Å²) in [6.45, 7) is 3.79. The lowest BCUT2D eigenvalue weighted by molar-refractivity contribution is -0.126. The van der Waals surface area contributed by atoms with Crippen LogP contribution in [0.1, 0.15) is 43.4 Å². The van der Waals surface area contributed by atoms with Crippen LogP contribution >= 0.6 is 24.8 Å². The maximum absolute atomic E-state index is 12.8. The van der Waals surface area contributed by atoms with E-state index in [4.69, 9.17) is 9.97 Å². The molecule has 6 nitrogen and oxygen atoms in total. The van der Waals surface area contributed by atoms with E-state index in [1.165, 1.54) is 11.3 Å². The van der Waals surface area contributed by atoms with Crippen LogP contribution in [0.5, 0.6) is 0 Å². The lowest BCUT2D eigenvalue weighted by Gasteiger charge is -2.34. The molecule has 1 aliphatic carbocycles. The number of carbonyl (C=O) groups is 1. The number of carbonyl (C=O) groups excluding carboxylic acids is 1. The largest absolute Gasteiger partial charge is 0.356 e. The van der Waals surface area contributed by atoms with Crippen molar-refractivity contribution in [2.75, 3.05) is 31.1 Å². The van der Waals surface area contributed by atoms with Gasteiger partial charge in [-0.25, -0.2) is 9.97 Å². The van der Waals surface area contributed by atoms with Crippen molar-refractivity contribution in [3.8, 4) is 11.4 Å². The van der Waals surface area contributed by atoms with Gasteiger partial charge in [0.25, 0.3) is 0 Å². The SMILES string of the molecule is Cl.Cl.O=C(NC1CCNCC1)C1CCN(c2nc(-c3ccccc3)nc3c2CCC3)CC1. The Morgan fingerprint density at radius 2 is 1.69 bits per heavy atom. The molecule has 0 saturated carbocycles. The highest BCUT2D eigenvalue weighted by Crippen LogP contribution is 2.33. The fraction of sp³-hybridized carbons (Fsp3) is 0.542. The maximum Gasteiger partial charge on any atom is 0.223 e. The van der Waals surface area contributed by atoms with E-state index in [1.807, 2.05) is 18.2 Å². The van der Waals surface area contributed by atoms with Crippen LogP contribution in [0.4, 0.5) is 5.82 Å². The molecule has 174 valence electrons. The van der Waals surface area contributed by atoms with Gasteiger partial charge in [-0.1, -0.05) is 30.3 Å². The minimum atomic E-state index is 0. The molecule has 2 N–H and O–H groups in total. The molecule has 2 aliphatic heterocycles. The molecule has 1 amide bonds. The first kappa shape index (κ1) is 24.7. The van der Waals surface area contributed by atoms with Crippen LogP contribution in [-0.2, 0) is 17.6 Å². The third-order valence-corrected chi connectivity index (χ3v) is 6.79. The van der Waals surface area contributed by atoms with E-state index in [0.29, 0.717) is 6.04 Å². The van der Waals surface area contributed by atoms with Gasteiger partial charge in [-0.2, -0.15) is 0 Å². The molecular formula is C24H33Cl2N5O. The van der Waals surface area contributed by atoms with Crippen molar-refractivity contribution in [1.82, 2.24) is 20.6 Å². The first-order chi connectivity index (χ1) is 14.8. The lowest BCUT2D eigenvalue weighted by atomic mass is 9.94. The van der Waals surface area contributed by atoms with Crippen LogP contribution < -0.4 is 15.5 Å². The molecule has 3 heterocycles. The molecule has 8 heteroatoms. The number of aryl methyl sites for hydroxylation is 1. The third kappa shape index (κ3) is 5.36. The van der Waals surface area contributed by atoms with Crippen LogP contribution in [0.3, 0.4) is 0 Å². The Morgan fingerprint density at radius 3 is 2.41 bits per heavy atom. The van der Waals surface area contributed by atoms with Gasteiger partial charge in [0.15, 0.2) is 5.82 Å². The number of anilines is 1. The molecule has 1 aromatic heterocycles. The van der Waals surface area contributed by atoms with Crippen LogP contribution in [0.2, 0.25) is 0 Å². The first-order valence-electron chi connectivity index (χ1n) is 11.5. The molecule has 2 saturated heterocycles. The van der Waals surface area contributed by atoms with E-state index in [0.717, 1.165) is 88.3 Å². The van der Waals surface area contributed by atoms with Gasteiger partial charge in [0.05, 0.1) is 0 Å². The van der Waals surface area contributed by atoms with Gasteiger partial charge >= 0.3 is 0 Å². The Kier molecular flexibility index (Phi) is 8.74. The summed E-state index contributed by atoms with van der Waals surface area (Å²) in [7, 11) is 0. The van der Waals surface area contributed by atoms with Gasteiger partial charge in [-0.05, 0) is 58.0 Å². The number of benzene rings is 1. The van der Waals surface area contributed by atoms with Gasteiger partial charge < -0.3 is 15.5 Å². The van der Waals surface area contributed by atoms with E-state index in [2.05, 4.69) is 27.7 Å². The Balaban J connectivity index is 0.00000144. The Bertz CT molecular complexity index is 897. The molecule has 0 bridgehead atoms. The zero-order valence-corrected chi connectivity index (χ0v) is 20.0. The number of fused-ring (bicyclic) bond motifs is 1. The monoisotopic (exact) mass is 477 g/mol. The predicted molar refractivity (Wildman–Crippen MR) is 133 cm³/mol. The third-order valence-electron chi connectivity index (χ3n) is 6.79. The molecule has 2 fully saturated rings. The topological polar surface area (TPSA) is 70.2 Å². The summed E-state index contributed by atoms with van der Waals surface area (Å²) in [5.41, 5.74) is 3.61. The second-order valence-corrected chi connectivity index (χ2v) is 8.81. The van der Waals surface area contributed by atoms with E-state index in [9.17, 15) is 4.79 Å². The highest BCUT2D eigenvalue weighted by molar-refractivity contribution is 5.85. The van der Waals surface area contributed by atoms with Gasteiger partial charge in [0, 0.05) is 41.9 Å². The lowest BCUT2D eigenvalue weighted by Crippen LogP contribution is -2.47. The number of hydrogen-bond acceptors (Lipinski definition) is 5. The van der Waals surface area contributed by atoms with E-state index >= 15 is 0 Å². The van der Waals surface area contributed by atoms with Crippen molar-refractivity contribution in [3.05, 3.63) is 41.6 Å². The van der Waals surface area contributed by atoms with Crippen molar-refractivity contribution in [3.63, 3.8) is 0 Å². The summed E-state index contributed by atoms with van der Waals surface area (Å²) in [4.78, 5) is 25.0. The summed E-state index contributed by atoms with van der Waals surface area (Å²) in [5, 5.41) is 6.65. The Morgan fingerprint density at radius 1 is 0.969 bits per heavy atom. The van der Waals surface area contributed by atoms with Crippen LogP contribution in [-0.4, -0.2) is 48.1 Å². The molecule has 0 spiro atoms. The molecule has 0 radical (unpaired) electrons. The van der Waals surface area contributed by atoms with Crippen LogP contribution in [0, 0.1) is 5.92 Å². The standard InChI is InChI=1S/C24H31N5O.2ClH/c30-24(26-19-9-13-25-14-10-19)18-11-15-29(16-12-18)23-20-7-4-8-21(20)27-22(28-23)17-5-2-1-3-6-17;;/h1-3,5-6,18-19,25H,4,7-16H2,(H,26,30);2*1H. The normalized spacial score (nSPS) is 18.9.